The lowest BCUT2D eigenvalue weighted by molar-refractivity contribution is -0.139. The number of nitrogens with zero attached hydrogens (tertiary/aromatic N) is 4. The Kier molecular flexibility index (Phi) is 3.83. The number of carbonyl (C=O) groups is 2. The van der Waals surface area contributed by atoms with Crippen molar-refractivity contribution in [3.8, 4) is 0 Å². The number of hydrogen-bond donors (Lipinski definition) is 1. The van der Waals surface area contributed by atoms with E-state index < -0.39 is 0 Å². The van der Waals surface area contributed by atoms with Crippen molar-refractivity contribution in [2.24, 2.45) is 14.1 Å². The van der Waals surface area contributed by atoms with E-state index in [1.54, 1.807) is 35.6 Å². The first-order valence-corrected chi connectivity index (χ1v) is 5.89. The first-order valence-electron chi connectivity index (χ1n) is 5.89. The fourth-order valence-electron chi connectivity index (χ4n) is 1.69. The summed E-state index contributed by atoms with van der Waals surface area (Å²) in [6.45, 7) is 0. The highest BCUT2D eigenvalue weighted by Crippen LogP contribution is 2.09. The molecule has 2 rings (SSSR count). The smallest absolute Gasteiger partial charge is 0.313 e. The largest absolute Gasteiger partial charge is 0.469 e. The molecule has 1 N–H and O–H groups in total. The van der Waals surface area contributed by atoms with Crippen molar-refractivity contribution < 1.29 is 14.3 Å². The zero-order valence-corrected chi connectivity index (χ0v) is 11.5. The maximum absolute atomic E-state index is 12.0. The van der Waals surface area contributed by atoms with Gasteiger partial charge in [-0.05, 0) is 0 Å². The highest BCUT2D eigenvalue weighted by Gasteiger charge is 2.15. The summed E-state index contributed by atoms with van der Waals surface area (Å²) in [7, 11) is 4.78. The summed E-state index contributed by atoms with van der Waals surface area (Å²) in [6.07, 6.45) is 4.89. The summed E-state index contributed by atoms with van der Waals surface area (Å²) in [5.74, 6) is 0.400. The third-order valence-corrected chi connectivity index (χ3v) is 2.77. The Labute approximate surface area is 115 Å². The Bertz CT molecular complexity index is 643. The summed E-state index contributed by atoms with van der Waals surface area (Å²) >= 11 is 0. The van der Waals surface area contributed by atoms with E-state index in [4.69, 9.17) is 0 Å². The van der Waals surface area contributed by atoms with Crippen molar-refractivity contribution in [3.63, 3.8) is 0 Å². The lowest BCUT2D eigenvalue weighted by atomic mass is 10.4. The van der Waals surface area contributed by atoms with Crippen LogP contribution in [0.2, 0.25) is 0 Å². The maximum atomic E-state index is 12.0. The van der Waals surface area contributed by atoms with Crippen LogP contribution in [0.4, 0.5) is 5.82 Å². The van der Waals surface area contributed by atoms with Gasteiger partial charge in [0.15, 0.2) is 11.6 Å². The number of aromatic nitrogens is 4. The van der Waals surface area contributed by atoms with Gasteiger partial charge in [0, 0.05) is 32.7 Å². The summed E-state index contributed by atoms with van der Waals surface area (Å²) < 4.78 is 7.84. The van der Waals surface area contributed by atoms with Gasteiger partial charge in [0.2, 0.25) is 0 Å². The SMILES string of the molecule is COC(=O)Cc1nc(NC(=O)c2nccn2C)cn1C. The number of hydrogen-bond acceptors (Lipinski definition) is 5. The fourth-order valence-corrected chi connectivity index (χ4v) is 1.69. The predicted octanol–water partition coefficient (Wildman–Crippen LogP) is 0.121. The lowest BCUT2D eigenvalue weighted by Gasteiger charge is -2.01. The van der Waals surface area contributed by atoms with Gasteiger partial charge in [0.25, 0.3) is 5.91 Å². The molecule has 0 radical (unpaired) electrons. The van der Waals surface area contributed by atoms with E-state index in [1.165, 1.54) is 13.3 Å². The molecule has 0 aromatic carbocycles. The molecule has 0 saturated carbocycles. The van der Waals surface area contributed by atoms with Gasteiger partial charge in [-0.1, -0.05) is 0 Å². The van der Waals surface area contributed by atoms with Gasteiger partial charge < -0.3 is 19.2 Å². The van der Waals surface area contributed by atoms with Gasteiger partial charge in [0.05, 0.1) is 7.11 Å². The van der Waals surface area contributed by atoms with Crippen molar-refractivity contribution in [2.75, 3.05) is 12.4 Å². The summed E-state index contributed by atoms with van der Waals surface area (Å²) in [6, 6.07) is 0. The zero-order valence-electron chi connectivity index (χ0n) is 11.5. The van der Waals surface area contributed by atoms with Crippen LogP contribution in [-0.4, -0.2) is 38.1 Å². The van der Waals surface area contributed by atoms with Crippen LogP contribution in [0.3, 0.4) is 0 Å². The van der Waals surface area contributed by atoms with Crippen LogP contribution < -0.4 is 5.32 Å². The van der Waals surface area contributed by atoms with E-state index in [-0.39, 0.29) is 24.1 Å². The molecule has 0 unspecified atom stereocenters. The second-order valence-corrected chi connectivity index (χ2v) is 4.22. The molecule has 1 amide bonds. The molecule has 0 aliphatic heterocycles. The molecule has 106 valence electrons. The van der Waals surface area contributed by atoms with Crippen molar-refractivity contribution >= 4 is 17.7 Å². The topological polar surface area (TPSA) is 91.0 Å². The van der Waals surface area contributed by atoms with E-state index in [0.717, 1.165) is 0 Å². The normalized spacial score (nSPS) is 10.3. The Morgan fingerprint density at radius 1 is 1.35 bits per heavy atom. The Balaban J connectivity index is 2.11. The first kappa shape index (κ1) is 13.8. The monoisotopic (exact) mass is 277 g/mol. The van der Waals surface area contributed by atoms with Crippen molar-refractivity contribution in [3.05, 3.63) is 30.2 Å². The molecule has 0 aliphatic carbocycles. The molecule has 2 aromatic rings. The van der Waals surface area contributed by atoms with E-state index in [2.05, 4.69) is 20.0 Å². The molecule has 0 atom stereocenters. The number of methoxy groups -OCH3 is 1. The average Bonchev–Trinajstić information content (AvgIpc) is 2.96. The molecule has 0 bridgehead atoms. The summed E-state index contributed by atoms with van der Waals surface area (Å²) in [4.78, 5) is 31.3. The Hall–Kier alpha value is -2.64. The van der Waals surface area contributed by atoms with E-state index >= 15 is 0 Å². The molecular formula is C12H15N5O3. The molecule has 8 nitrogen and oxygen atoms in total. The number of aryl methyl sites for hydroxylation is 2. The van der Waals surface area contributed by atoms with Gasteiger partial charge >= 0.3 is 5.97 Å². The molecule has 20 heavy (non-hydrogen) atoms. The van der Waals surface area contributed by atoms with Crippen LogP contribution in [0.1, 0.15) is 16.4 Å². The minimum atomic E-state index is -0.388. The summed E-state index contributed by atoms with van der Waals surface area (Å²) in [5.41, 5.74) is 0. The van der Waals surface area contributed by atoms with Crippen LogP contribution in [0.25, 0.3) is 0 Å². The molecule has 2 heterocycles. The highest BCUT2D eigenvalue weighted by molar-refractivity contribution is 6.01. The van der Waals surface area contributed by atoms with E-state index in [9.17, 15) is 9.59 Å². The van der Waals surface area contributed by atoms with Crippen LogP contribution >= 0.6 is 0 Å². The van der Waals surface area contributed by atoms with Crippen molar-refractivity contribution in [2.45, 2.75) is 6.42 Å². The third-order valence-electron chi connectivity index (χ3n) is 2.77. The fraction of sp³-hybridized carbons (Fsp3) is 0.333. The Morgan fingerprint density at radius 3 is 2.70 bits per heavy atom. The second-order valence-electron chi connectivity index (χ2n) is 4.22. The molecular weight excluding hydrogens is 262 g/mol. The number of rotatable bonds is 4. The number of ether oxygens (including phenoxy) is 1. The standard InChI is InChI=1S/C12H15N5O3/c1-16-5-4-13-11(16)12(19)15-8-7-17(2)9(14-8)6-10(18)20-3/h4-5,7H,6H2,1-3H3,(H,15,19). The number of carbonyl (C=O) groups excluding carboxylic acids is 2. The molecule has 0 fully saturated rings. The van der Waals surface area contributed by atoms with Crippen molar-refractivity contribution in [1.82, 2.24) is 19.1 Å². The van der Waals surface area contributed by atoms with Crippen LogP contribution in [-0.2, 0) is 30.0 Å². The number of imidazole rings is 2. The second kappa shape index (κ2) is 5.55. The van der Waals surface area contributed by atoms with Gasteiger partial charge in [-0.15, -0.1) is 0 Å². The van der Waals surface area contributed by atoms with Crippen LogP contribution in [0, 0.1) is 0 Å². The van der Waals surface area contributed by atoms with E-state index in [1.807, 2.05) is 0 Å². The molecule has 0 saturated heterocycles. The van der Waals surface area contributed by atoms with Gasteiger partial charge in [-0.25, -0.2) is 9.97 Å². The van der Waals surface area contributed by atoms with Gasteiger partial charge in [-0.3, -0.25) is 9.59 Å². The quantitative estimate of drug-likeness (QED) is 0.802. The molecule has 8 heteroatoms. The van der Waals surface area contributed by atoms with Crippen molar-refractivity contribution in [1.29, 1.82) is 0 Å². The van der Waals surface area contributed by atoms with Crippen LogP contribution in [0.5, 0.6) is 0 Å². The van der Waals surface area contributed by atoms with E-state index in [0.29, 0.717) is 11.6 Å². The predicted molar refractivity (Wildman–Crippen MR) is 70.1 cm³/mol. The van der Waals surface area contributed by atoms with Crippen LogP contribution in [0.15, 0.2) is 18.6 Å². The number of amides is 1. The molecule has 0 aliphatic rings. The maximum Gasteiger partial charge on any atom is 0.313 e. The lowest BCUT2D eigenvalue weighted by Crippen LogP contribution is -2.17. The Morgan fingerprint density at radius 2 is 2.10 bits per heavy atom. The average molecular weight is 277 g/mol. The zero-order chi connectivity index (χ0) is 14.7. The first-order chi connectivity index (χ1) is 9.51. The number of esters is 1. The highest BCUT2D eigenvalue weighted by atomic mass is 16.5. The number of anilines is 1. The van der Waals surface area contributed by atoms with Gasteiger partial charge in [-0.2, -0.15) is 0 Å². The summed E-state index contributed by atoms with van der Waals surface area (Å²) in [5, 5.41) is 2.63. The number of nitrogens with one attached hydrogen (secondary N) is 1. The molecule has 2 aromatic heterocycles. The minimum absolute atomic E-state index is 0.0469. The third kappa shape index (κ3) is 2.85. The van der Waals surface area contributed by atoms with Gasteiger partial charge in [0.1, 0.15) is 12.2 Å². The molecule has 0 spiro atoms. The minimum Gasteiger partial charge on any atom is -0.469 e.